The van der Waals surface area contributed by atoms with Crippen LogP contribution in [0.1, 0.15) is 37.6 Å². The van der Waals surface area contributed by atoms with Crippen LogP contribution in [0.5, 0.6) is 0 Å². The van der Waals surface area contributed by atoms with Crippen molar-refractivity contribution in [3.8, 4) is 0 Å². The van der Waals surface area contributed by atoms with Crippen LogP contribution in [-0.2, 0) is 4.79 Å². The van der Waals surface area contributed by atoms with Gasteiger partial charge in [0, 0.05) is 18.2 Å². The fourth-order valence-electron chi connectivity index (χ4n) is 1.51. The first kappa shape index (κ1) is 16.5. The molecule has 2 amide bonds. The van der Waals surface area contributed by atoms with E-state index in [2.05, 4.69) is 5.32 Å². The van der Waals surface area contributed by atoms with Crippen LogP contribution >= 0.6 is 11.6 Å². The van der Waals surface area contributed by atoms with E-state index in [1.807, 2.05) is 20.8 Å². The Balaban J connectivity index is 2.77. The molecule has 1 rings (SSSR count). The maximum atomic E-state index is 11.9. The lowest BCUT2D eigenvalue weighted by molar-refractivity contribution is -0.117. The highest BCUT2D eigenvalue weighted by Gasteiger charge is 2.23. The summed E-state index contributed by atoms with van der Waals surface area (Å²) >= 11 is 5.84. The van der Waals surface area contributed by atoms with E-state index in [9.17, 15) is 9.59 Å². The highest BCUT2D eigenvalue weighted by molar-refractivity contribution is 6.33. The Kier molecular flexibility index (Phi) is 5.14. The molecule has 110 valence electrons. The number of carbonyl (C=O) groups is 2. The van der Waals surface area contributed by atoms with Gasteiger partial charge in [-0.25, -0.2) is 0 Å². The molecule has 1 unspecified atom stereocenters. The van der Waals surface area contributed by atoms with Gasteiger partial charge in [-0.2, -0.15) is 0 Å². The molecule has 0 aliphatic carbocycles. The highest BCUT2D eigenvalue weighted by Crippen LogP contribution is 2.22. The van der Waals surface area contributed by atoms with Crippen molar-refractivity contribution in [2.45, 2.75) is 33.2 Å². The quantitative estimate of drug-likeness (QED) is 0.794. The zero-order valence-electron chi connectivity index (χ0n) is 11.9. The molecular weight excluding hydrogens is 278 g/mol. The molecule has 1 atom stereocenters. The third kappa shape index (κ3) is 4.51. The van der Waals surface area contributed by atoms with Crippen molar-refractivity contribution in [3.63, 3.8) is 0 Å². The second-order valence-corrected chi connectivity index (χ2v) is 6.19. The van der Waals surface area contributed by atoms with Crippen LogP contribution < -0.4 is 16.8 Å². The summed E-state index contributed by atoms with van der Waals surface area (Å²) in [5, 5.41) is 2.93. The van der Waals surface area contributed by atoms with E-state index < -0.39 is 5.91 Å². The van der Waals surface area contributed by atoms with Gasteiger partial charge in [0.2, 0.25) is 11.8 Å². The number of nitrogens with one attached hydrogen (secondary N) is 1. The fraction of sp³-hybridized carbons (Fsp3) is 0.429. The zero-order chi connectivity index (χ0) is 15.5. The lowest BCUT2D eigenvalue weighted by atomic mass is 9.85. The van der Waals surface area contributed by atoms with Gasteiger partial charge < -0.3 is 16.8 Å². The maximum Gasteiger partial charge on any atom is 0.250 e. The van der Waals surface area contributed by atoms with Gasteiger partial charge in [0.1, 0.15) is 0 Å². The van der Waals surface area contributed by atoms with Crippen molar-refractivity contribution in [2.75, 3.05) is 5.32 Å². The summed E-state index contributed by atoms with van der Waals surface area (Å²) in [7, 11) is 0. The van der Waals surface area contributed by atoms with Gasteiger partial charge in [0.15, 0.2) is 0 Å². The van der Waals surface area contributed by atoms with Crippen LogP contribution in [-0.4, -0.2) is 17.9 Å². The molecule has 0 heterocycles. The number of nitrogens with two attached hydrogens (primary N) is 2. The first-order chi connectivity index (χ1) is 9.11. The second kappa shape index (κ2) is 6.24. The molecule has 1 aromatic carbocycles. The van der Waals surface area contributed by atoms with Crippen LogP contribution in [0.25, 0.3) is 0 Å². The minimum Gasteiger partial charge on any atom is -0.366 e. The van der Waals surface area contributed by atoms with Crippen molar-refractivity contribution in [1.82, 2.24) is 0 Å². The smallest absolute Gasteiger partial charge is 0.250 e. The number of primary amides is 1. The summed E-state index contributed by atoms with van der Waals surface area (Å²) in [6.45, 7) is 5.91. The Labute approximate surface area is 123 Å². The van der Waals surface area contributed by atoms with E-state index in [1.165, 1.54) is 12.1 Å². The Morgan fingerprint density at radius 2 is 1.95 bits per heavy atom. The normalized spacial score (nSPS) is 12.8. The zero-order valence-corrected chi connectivity index (χ0v) is 12.6. The van der Waals surface area contributed by atoms with Crippen molar-refractivity contribution in [3.05, 3.63) is 28.8 Å². The standard InChI is InChI=1S/C14H20ClN3O2/c1-14(2,3)11(16)7-12(19)18-8-4-5-10(15)9(6-8)13(17)20/h4-6,11H,7,16H2,1-3H3,(H2,17,20)(H,18,19). The molecule has 20 heavy (non-hydrogen) atoms. The molecule has 6 heteroatoms. The molecule has 1 aromatic rings. The van der Waals surface area contributed by atoms with Gasteiger partial charge in [0.05, 0.1) is 10.6 Å². The van der Waals surface area contributed by atoms with Crippen LogP contribution in [0.15, 0.2) is 18.2 Å². The molecule has 0 bridgehead atoms. The van der Waals surface area contributed by atoms with Gasteiger partial charge in [-0.15, -0.1) is 0 Å². The number of amides is 2. The Bertz CT molecular complexity index is 524. The summed E-state index contributed by atoms with van der Waals surface area (Å²) in [6.07, 6.45) is 0.192. The average molecular weight is 298 g/mol. The maximum absolute atomic E-state index is 11.9. The summed E-state index contributed by atoms with van der Waals surface area (Å²) in [5.74, 6) is -0.859. The van der Waals surface area contributed by atoms with Gasteiger partial charge in [0.25, 0.3) is 0 Å². The minimum atomic E-state index is -0.641. The average Bonchev–Trinajstić information content (AvgIpc) is 2.29. The van der Waals surface area contributed by atoms with Crippen molar-refractivity contribution in [2.24, 2.45) is 16.9 Å². The summed E-state index contributed by atoms with van der Waals surface area (Å²) in [5.41, 5.74) is 11.6. The molecule has 0 fully saturated rings. The number of hydrogen-bond donors (Lipinski definition) is 3. The topological polar surface area (TPSA) is 98.2 Å². The Hall–Kier alpha value is -1.59. The molecule has 0 saturated heterocycles. The van der Waals surface area contributed by atoms with Gasteiger partial charge in [-0.05, 0) is 23.6 Å². The first-order valence-corrected chi connectivity index (χ1v) is 6.64. The van der Waals surface area contributed by atoms with E-state index in [-0.39, 0.29) is 34.4 Å². The molecule has 0 aliphatic rings. The fourth-order valence-corrected chi connectivity index (χ4v) is 1.72. The second-order valence-electron chi connectivity index (χ2n) is 5.78. The summed E-state index contributed by atoms with van der Waals surface area (Å²) in [6, 6.07) is 4.31. The number of carbonyl (C=O) groups excluding carboxylic acids is 2. The Morgan fingerprint density at radius 1 is 1.35 bits per heavy atom. The van der Waals surface area contributed by atoms with Crippen LogP contribution in [0, 0.1) is 5.41 Å². The largest absolute Gasteiger partial charge is 0.366 e. The van der Waals surface area contributed by atoms with Crippen LogP contribution in [0.2, 0.25) is 5.02 Å². The molecule has 0 spiro atoms. The van der Waals surface area contributed by atoms with E-state index in [1.54, 1.807) is 6.07 Å². The highest BCUT2D eigenvalue weighted by atomic mass is 35.5. The molecule has 0 aliphatic heterocycles. The number of hydrogen-bond acceptors (Lipinski definition) is 3. The van der Waals surface area contributed by atoms with Gasteiger partial charge in [-0.1, -0.05) is 32.4 Å². The first-order valence-electron chi connectivity index (χ1n) is 6.26. The lowest BCUT2D eigenvalue weighted by Gasteiger charge is -2.26. The minimum absolute atomic E-state index is 0.157. The number of halogens is 1. The predicted octanol–water partition coefficient (Wildman–Crippen LogP) is 2.14. The van der Waals surface area contributed by atoms with Crippen molar-refractivity contribution < 1.29 is 9.59 Å². The van der Waals surface area contributed by atoms with Gasteiger partial charge >= 0.3 is 0 Å². The third-order valence-corrected chi connectivity index (χ3v) is 3.36. The van der Waals surface area contributed by atoms with E-state index >= 15 is 0 Å². The molecule has 0 radical (unpaired) electrons. The van der Waals surface area contributed by atoms with E-state index in [0.29, 0.717) is 5.69 Å². The van der Waals surface area contributed by atoms with Crippen molar-refractivity contribution >= 4 is 29.1 Å². The van der Waals surface area contributed by atoms with E-state index in [0.717, 1.165) is 0 Å². The van der Waals surface area contributed by atoms with Crippen LogP contribution in [0.4, 0.5) is 5.69 Å². The molecule has 5 N–H and O–H groups in total. The lowest BCUT2D eigenvalue weighted by Crippen LogP contribution is -2.38. The summed E-state index contributed by atoms with van der Waals surface area (Å²) in [4.78, 5) is 23.1. The van der Waals surface area contributed by atoms with Crippen LogP contribution in [0.3, 0.4) is 0 Å². The SMILES string of the molecule is CC(C)(C)C(N)CC(=O)Nc1ccc(Cl)c(C(N)=O)c1. The number of benzene rings is 1. The molecule has 5 nitrogen and oxygen atoms in total. The monoisotopic (exact) mass is 297 g/mol. The number of anilines is 1. The summed E-state index contributed by atoms with van der Waals surface area (Å²) < 4.78 is 0. The molecular formula is C14H20ClN3O2. The third-order valence-electron chi connectivity index (χ3n) is 3.03. The predicted molar refractivity (Wildman–Crippen MR) is 80.6 cm³/mol. The Morgan fingerprint density at radius 3 is 2.45 bits per heavy atom. The number of rotatable bonds is 4. The van der Waals surface area contributed by atoms with E-state index in [4.69, 9.17) is 23.1 Å². The molecule has 0 aromatic heterocycles. The molecule has 0 saturated carbocycles. The van der Waals surface area contributed by atoms with Crippen molar-refractivity contribution in [1.29, 1.82) is 0 Å². The van der Waals surface area contributed by atoms with Gasteiger partial charge in [-0.3, -0.25) is 9.59 Å².